The van der Waals surface area contributed by atoms with Gasteiger partial charge in [-0.3, -0.25) is 10.1 Å². The van der Waals surface area contributed by atoms with Crippen molar-refractivity contribution in [1.29, 1.82) is 0 Å². The zero-order valence-corrected chi connectivity index (χ0v) is 7.39. The van der Waals surface area contributed by atoms with Crippen molar-refractivity contribution >= 4 is 11.9 Å². The molecule has 3 amide bonds. The third-order valence-corrected chi connectivity index (χ3v) is 0.978. The van der Waals surface area contributed by atoms with Crippen molar-refractivity contribution in [3.8, 4) is 0 Å². The average Bonchev–Trinajstić information content (AvgIpc) is 1.85. The first kappa shape index (κ1) is 8.94. The first-order chi connectivity index (χ1) is 3.70. The number of carbonyl (C=O) groups excluding carboxylic acids is 2. The van der Waals surface area contributed by atoms with E-state index in [-0.39, 0.29) is 42.9 Å². The molecule has 1 heterocycles. The van der Waals surface area contributed by atoms with Crippen LogP contribution in [0.2, 0.25) is 0 Å². The van der Waals surface area contributed by atoms with Crippen LogP contribution in [0.4, 0.5) is 4.79 Å². The molecule has 1 atom stereocenters. The number of rotatable bonds is 0. The maximum Gasteiger partial charge on any atom is 1.00 e. The molecule has 46 valence electrons. The minimum atomic E-state index is -0.400. The van der Waals surface area contributed by atoms with Crippen LogP contribution in [-0.2, 0) is 4.79 Å². The molecule has 0 saturated carbocycles. The van der Waals surface area contributed by atoms with Gasteiger partial charge in [-0.2, -0.15) is 0 Å². The Hall–Kier alpha value is -0.0600. The first-order valence-electron chi connectivity index (χ1n) is 2.31. The molecule has 1 aliphatic rings. The summed E-state index contributed by atoms with van der Waals surface area (Å²) >= 11 is 0. The monoisotopic (exact) mass is 138 g/mol. The van der Waals surface area contributed by atoms with Crippen LogP contribution < -0.4 is 40.2 Å². The Morgan fingerprint density at radius 3 is 2.22 bits per heavy atom. The molecule has 0 aromatic rings. The van der Waals surface area contributed by atoms with Gasteiger partial charge in [0.2, 0.25) is 5.91 Å². The Labute approximate surface area is 76.1 Å². The standard InChI is InChI=1S/C4H6N2O2.Na.H/c1-2-3(7)6-4(8)5-2;;/h2H,1H3,(H2,5,6,7,8);;/q;+1;-1. The third kappa shape index (κ3) is 1.97. The zero-order chi connectivity index (χ0) is 6.15. The van der Waals surface area contributed by atoms with Crippen LogP contribution in [0.1, 0.15) is 8.35 Å². The molecular formula is C4H7N2NaO2. The first-order valence-corrected chi connectivity index (χ1v) is 2.31. The van der Waals surface area contributed by atoms with E-state index in [0.717, 1.165) is 0 Å². The van der Waals surface area contributed by atoms with Crippen LogP contribution in [0, 0.1) is 0 Å². The molecule has 1 fully saturated rings. The maximum atomic E-state index is 10.4. The van der Waals surface area contributed by atoms with Crippen molar-refractivity contribution in [2.45, 2.75) is 13.0 Å². The number of hydrogen-bond acceptors (Lipinski definition) is 2. The van der Waals surface area contributed by atoms with Gasteiger partial charge in [-0.15, -0.1) is 0 Å². The smallest absolute Gasteiger partial charge is 1.00 e. The molecule has 0 radical (unpaired) electrons. The molecule has 0 bridgehead atoms. The summed E-state index contributed by atoms with van der Waals surface area (Å²) in [6.07, 6.45) is 0. The van der Waals surface area contributed by atoms with Gasteiger partial charge in [0, 0.05) is 0 Å². The van der Waals surface area contributed by atoms with Crippen LogP contribution in [0.3, 0.4) is 0 Å². The van der Waals surface area contributed by atoms with E-state index < -0.39 is 6.03 Å². The van der Waals surface area contributed by atoms with E-state index in [4.69, 9.17) is 0 Å². The van der Waals surface area contributed by atoms with E-state index in [2.05, 4.69) is 10.6 Å². The molecule has 1 aliphatic heterocycles. The fourth-order valence-electron chi connectivity index (χ4n) is 0.518. The van der Waals surface area contributed by atoms with Crippen molar-refractivity contribution < 1.29 is 40.6 Å². The summed E-state index contributed by atoms with van der Waals surface area (Å²) in [7, 11) is 0. The van der Waals surface area contributed by atoms with E-state index in [1.54, 1.807) is 6.92 Å². The van der Waals surface area contributed by atoms with Gasteiger partial charge >= 0.3 is 35.6 Å². The summed E-state index contributed by atoms with van der Waals surface area (Å²) in [6.45, 7) is 1.63. The van der Waals surface area contributed by atoms with E-state index in [0.29, 0.717) is 0 Å². The molecule has 5 heteroatoms. The predicted molar refractivity (Wildman–Crippen MR) is 27.2 cm³/mol. The van der Waals surface area contributed by atoms with Crippen LogP contribution in [0.5, 0.6) is 0 Å². The number of amides is 3. The molecule has 2 N–H and O–H groups in total. The summed E-state index contributed by atoms with van der Waals surface area (Å²) in [4.78, 5) is 20.6. The molecule has 4 nitrogen and oxygen atoms in total. The molecule has 0 spiro atoms. The van der Waals surface area contributed by atoms with Gasteiger partial charge in [0.05, 0.1) is 0 Å². The van der Waals surface area contributed by atoms with Gasteiger partial charge in [0.1, 0.15) is 6.04 Å². The summed E-state index contributed by atoms with van der Waals surface area (Å²) in [5.74, 6) is -0.255. The van der Waals surface area contributed by atoms with Crippen LogP contribution in [0.25, 0.3) is 0 Å². The Bertz CT molecular complexity index is 152. The molecule has 1 unspecified atom stereocenters. The normalized spacial score (nSPS) is 24.3. The summed E-state index contributed by atoms with van der Waals surface area (Å²) in [5, 5.41) is 4.44. The maximum absolute atomic E-state index is 10.4. The number of carbonyl (C=O) groups is 2. The van der Waals surface area contributed by atoms with E-state index >= 15 is 0 Å². The van der Waals surface area contributed by atoms with Crippen molar-refractivity contribution in [2.24, 2.45) is 0 Å². The Balaban J connectivity index is 0. The van der Waals surface area contributed by atoms with Gasteiger partial charge in [0.25, 0.3) is 0 Å². The largest absolute Gasteiger partial charge is 1.00 e. The molecule has 0 aromatic carbocycles. The summed E-state index contributed by atoms with van der Waals surface area (Å²) in [6, 6.07) is -0.759. The molecule has 9 heavy (non-hydrogen) atoms. The van der Waals surface area contributed by atoms with Gasteiger partial charge < -0.3 is 6.74 Å². The summed E-state index contributed by atoms with van der Waals surface area (Å²) in [5.41, 5.74) is 0. The topological polar surface area (TPSA) is 58.2 Å². The Morgan fingerprint density at radius 1 is 1.56 bits per heavy atom. The van der Waals surface area contributed by atoms with Crippen LogP contribution >= 0.6 is 0 Å². The molecule has 0 aliphatic carbocycles. The second kappa shape index (κ2) is 3.20. The number of urea groups is 1. The predicted octanol–water partition coefficient (Wildman–Crippen LogP) is -3.67. The van der Waals surface area contributed by atoms with Gasteiger partial charge in [-0.25, -0.2) is 4.79 Å². The Morgan fingerprint density at radius 2 is 2.11 bits per heavy atom. The fourth-order valence-corrected chi connectivity index (χ4v) is 0.518. The van der Waals surface area contributed by atoms with Crippen molar-refractivity contribution in [3.63, 3.8) is 0 Å². The van der Waals surface area contributed by atoms with Crippen LogP contribution in [-0.4, -0.2) is 18.0 Å². The summed E-state index contributed by atoms with van der Waals surface area (Å²) < 4.78 is 0. The minimum Gasteiger partial charge on any atom is -1.00 e. The van der Waals surface area contributed by atoms with Gasteiger partial charge in [-0.05, 0) is 6.92 Å². The second-order valence-electron chi connectivity index (χ2n) is 1.68. The quantitative estimate of drug-likeness (QED) is 0.268. The van der Waals surface area contributed by atoms with E-state index in [1.165, 1.54) is 0 Å². The number of imide groups is 1. The minimum absolute atomic E-state index is 0. The Kier molecular flexibility index (Phi) is 3.17. The molecular weight excluding hydrogens is 131 g/mol. The number of hydrogen-bond donors (Lipinski definition) is 2. The van der Waals surface area contributed by atoms with Gasteiger partial charge in [-0.1, -0.05) is 0 Å². The van der Waals surface area contributed by atoms with Crippen LogP contribution in [0.15, 0.2) is 0 Å². The number of nitrogens with one attached hydrogen (secondary N) is 2. The molecule has 0 aromatic heterocycles. The second-order valence-corrected chi connectivity index (χ2v) is 1.68. The van der Waals surface area contributed by atoms with Crippen molar-refractivity contribution in [1.82, 2.24) is 10.6 Å². The third-order valence-electron chi connectivity index (χ3n) is 0.978. The van der Waals surface area contributed by atoms with Crippen molar-refractivity contribution in [2.75, 3.05) is 0 Å². The fraction of sp³-hybridized carbons (Fsp3) is 0.500. The molecule has 1 rings (SSSR count). The SMILES string of the molecule is CC1NC(=O)NC1=O.[H-].[Na+]. The van der Waals surface area contributed by atoms with E-state index in [9.17, 15) is 9.59 Å². The molecule has 1 saturated heterocycles. The van der Waals surface area contributed by atoms with Crippen molar-refractivity contribution in [3.05, 3.63) is 0 Å². The average molecular weight is 138 g/mol. The van der Waals surface area contributed by atoms with E-state index in [1.807, 2.05) is 0 Å². The zero-order valence-electron chi connectivity index (χ0n) is 6.39. The van der Waals surface area contributed by atoms with Gasteiger partial charge in [0.15, 0.2) is 0 Å².